The standard InChI is InChI=1S/C13H13NO2/c1-10-6-7-13(14-8-10)16-12-5-3-2-4-11(12)9-15/h2-8,15H,9H2,1H3. The number of benzene rings is 1. The van der Waals surface area contributed by atoms with Crippen LogP contribution in [-0.2, 0) is 6.61 Å². The van der Waals surface area contributed by atoms with Gasteiger partial charge in [-0.15, -0.1) is 0 Å². The third-order valence-corrected chi connectivity index (χ3v) is 2.24. The Bertz CT molecular complexity index is 466. The molecule has 2 aromatic rings. The summed E-state index contributed by atoms with van der Waals surface area (Å²) in [7, 11) is 0. The Kier molecular flexibility index (Phi) is 3.17. The van der Waals surface area contributed by atoms with E-state index in [4.69, 9.17) is 9.84 Å². The molecule has 2 rings (SSSR count). The first kappa shape index (κ1) is 10.6. The molecule has 3 nitrogen and oxygen atoms in total. The van der Waals surface area contributed by atoms with Crippen molar-refractivity contribution < 1.29 is 9.84 Å². The quantitative estimate of drug-likeness (QED) is 0.855. The average molecular weight is 215 g/mol. The molecule has 16 heavy (non-hydrogen) atoms. The molecule has 0 unspecified atom stereocenters. The molecule has 0 aliphatic rings. The van der Waals surface area contributed by atoms with Crippen molar-refractivity contribution >= 4 is 0 Å². The number of ether oxygens (including phenoxy) is 1. The van der Waals surface area contributed by atoms with Crippen molar-refractivity contribution in [3.05, 3.63) is 53.7 Å². The summed E-state index contributed by atoms with van der Waals surface area (Å²) in [5, 5.41) is 9.14. The largest absolute Gasteiger partial charge is 0.439 e. The zero-order valence-corrected chi connectivity index (χ0v) is 9.05. The fourth-order valence-corrected chi connectivity index (χ4v) is 1.36. The van der Waals surface area contributed by atoms with E-state index in [9.17, 15) is 0 Å². The lowest BCUT2D eigenvalue weighted by atomic mass is 10.2. The van der Waals surface area contributed by atoms with Crippen LogP contribution >= 0.6 is 0 Å². The van der Waals surface area contributed by atoms with Gasteiger partial charge in [0.25, 0.3) is 0 Å². The normalized spacial score (nSPS) is 10.1. The van der Waals surface area contributed by atoms with Crippen LogP contribution < -0.4 is 4.74 Å². The highest BCUT2D eigenvalue weighted by Gasteiger charge is 2.03. The number of hydrogen-bond acceptors (Lipinski definition) is 3. The van der Waals surface area contributed by atoms with E-state index in [0.29, 0.717) is 11.6 Å². The van der Waals surface area contributed by atoms with Gasteiger partial charge in [0.15, 0.2) is 0 Å². The highest BCUT2D eigenvalue weighted by molar-refractivity contribution is 5.35. The Morgan fingerprint density at radius 1 is 1.19 bits per heavy atom. The van der Waals surface area contributed by atoms with Gasteiger partial charge in [-0.25, -0.2) is 4.98 Å². The lowest BCUT2D eigenvalue weighted by molar-refractivity contribution is 0.276. The highest BCUT2D eigenvalue weighted by Crippen LogP contribution is 2.23. The van der Waals surface area contributed by atoms with Crippen LogP contribution in [0.4, 0.5) is 0 Å². The lowest BCUT2D eigenvalue weighted by Crippen LogP contribution is -1.92. The van der Waals surface area contributed by atoms with E-state index in [1.807, 2.05) is 43.3 Å². The van der Waals surface area contributed by atoms with Crippen molar-refractivity contribution in [1.82, 2.24) is 4.98 Å². The van der Waals surface area contributed by atoms with Gasteiger partial charge in [0, 0.05) is 17.8 Å². The molecular formula is C13H13NO2. The summed E-state index contributed by atoms with van der Waals surface area (Å²) < 4.78 is 5.58. The van der Waals surface area contributed by atoms with E-state index >= 15 is 0 Å². The molecule has 0 atom stereocenters. The first-order valence-electron chi connectivity index (χ1n) is 5.09. The maximum Gasteiger partial charge on any atom is 0.219 e. The molecule has 82 valence electrons. The molecule has 1 N–H and O–H groups in total. The van der Waals surface area contributed by atoms with Crippen LogP contribution in [0.25, 0.3) is 0 Å². The number of aliphatic hydroxyl groups is 1. The van der Waals surface area contributed by atoms with Crippen molar-refractivity contribution in [1.29, 1.82) is 0 Å². The van der Waals surface area contributed by atoms with Gasteiger partial charge >= 0.3 is 0 Å². The minimum atomic E-state index is -0.0396. The number of para-hydroxylation sites is 1. The third kappa shape index (κ3) is 2.38. The van der Waals surface area contributed by atoms with Gasteiger partial charge in [-0.3, -0.25) is 0 Å². The Hall–Kier alpha value is -1.87. The monoisotopic (exact) mass is 215 g/mol. The summed E-state index contributed by atoms with van der Waals surface area (Å²) in [5.41, 5.74) is 1.84. The molecule has 0 fully saturated rings. The summed E-state index contributed by atoms with van der Waals surface area (Å²) in [4.78, 5) is 4.15. The molecule has 0 saturated carbocycles. The zero-order valence-electron chi connectivity index (χ0n) is 9.05. The molecule has 0 aliphatic heterocycles. The Balaban J connectivity index is 2.23. The summed E-state index contributed by atoms with van der Waals surface area (Å²) in [5.74, 6) is 1.17. The predicted molar refractivity (Wildman–Crippen MR) is 61.4 cm³/mol. The zero-order chi connectivity index (χ0) is 11.4. The first-order valence-corrected chi connectivity index (χ1v) is 5.09. The smallest absolute Gasteiger partial charge is 0.219 e. The Morgan fingerprint density at radius 3 is 2.69 bits per heavy atom. The molecule has 0 spiro atoms. The maximum absolute atomic E-state index is 9.14. The molecule has 0 saturated heterocycles. The number of pyridine rings is 1. The topological polar surface area (TPSA) is 42.4 Å². The minimum Gasteiger partial charge on any atom is -0.439 e. The van der Waals surface area contributed by atoms with E-state index in [-0.39, 0.29) is 6.61 Å². The van der Waals surface area contributed by atoms with Gasteiger partial charge in [-0.1, -0.05) is 24.3 Å². The summed E-state index contributed by atoms with van der Waals surface area (Å²) in [6.07, 6.45) is 1.75. The van der Waals surface area contributed by atoms with E-state index in [1.165, 1.54) is 0 Å². The fraction of sp³-hybridized carbons (Fsp3) is 0.154. The van der Waals surface area contributed by atoms with Crippen LogP contribution in [0.15, 0.2) is 42.6 Å². The van der Waals surface area contributed by atoms with Crippen molar-refractivity contribution in [3.8, 4) is 11.6 Å². The molecule has 1 aromatic heterocycles. The van der Waals surface area contributed by atoms with Crippen LogP contribution in [0.1, 0.15) is 11.1 Å². The van der Waals surface area contributed by atoms with Crippen LogP contribution in [0.3, 0.4) is 0 Å². The molecule has 1 heterocycles. The molecule has 0 amide bonds. The second-order valence-electron chi connectivity index (χ2n) is 3.54. The maximum atomic E-state index is 9.14. The van der Waals surface area contributed by atoms with Gasteiger partial charge < -0.3 is 9.84 Å². The SMILES string of the molecule is Cc1ccc(Oc2ccccc2CO)nc1. The van der Waals surface area contributed by atoms with E-state index in [2.05, 4.69) is 4.98 Å². The van der Waals surface area contributed by atoms with Gasteiger partial charge in [0.1, 0.15) is 5.75 Å². The fourth-order valence-electron chi connectivity index (χ4n) is 1.36. The number of aryl methyl sites for hydroxylation is 1. The van der Waals surface area contributed by atoms with E-state index in [0.717, 1.165) is 11.1 Å². The number of aromatic nitrogens is 1. The Labute approximate surface area is 94.3 Å². The summed E-state index contributed by atoms with van der Waals surface area (Å²) in [6, 6.07) is 11.1. The average Bonchev–Trinajstić information content (AvgIpc) is 2.33. The number of nitrogens with zero attached hydrogens (tertiary/aromatic N) is 1. The second kappa shape index (κ2) is 4.77. The second-order valence-corrected chi connectivity index (χ2v) is 3.54. The summed E-state index contributed by atoms with van der Waals surface area (Å²) >= 11 is 0. The Morgan fingerprint density at radius 2 is 2.00 bits per heavy atom. The van der Waals surface area contributed by atoms with E-state index in [1.54, 1.807) is 6.20 Å². The van der Waals surface area contributed by atoms with Crippen molar-refractivity contribution in [2.75, 3.05) is 0 Å². The van der Waals surface area contributed by atoms with Crippen LogP contribution in [0.2, 0.25) is 0 Å². The van der Waals surface area contributed by atoms with Crippen LogP contribution in [-0.4, -0.2) is 10.1 Å². The number of aliphatic hydroxyl groups excluding tert-OH is 1. The van der Waals surface area contributed by atoms with Gasteiger partial charge in [0.2, 0.25) is 5.88 Å². The molecule has 0 radical (unpaired) electrons. The van der Waals surface area contributed by atoms with Gasteiger partial charge in [-0.2, -0.15) is 0 Å². The highest BCUT2D eigenvalue weighted by atomic mass is 16.5. The molecular weight excluding hydrogens is 202 g/mol. The molecule has 3 heteroatoms. The van der Waals surface area contributed by atoms with Crippen LogP contribution in [0.5, 0.6) is 11.6 Å². The number of rotatable bonds is 3. The van der Waals surface area contributed by atoms with Crippen molar-refractivity contribution in [2.24, 2.45) is 0 Å². The molecule has 0 aliphatic carbocycles. The molecule has 0 bridgehead atoms. The van der Waals surface area contributed by atoms with E-state index < -0.39 is 0 Å². The first-order chi connectivity index (χ1) is 7.79. The van der Waals surface area contributed by atoms with Crippen LogP contribution in [0, 0.1) is 6.92 Å². The summed E-state index contributed by atoms with van der Waals surface area (Å²) in [6.45, 7) is 1.93. The number of hydrogen-bond donors (Lipinski definition) is 1. The predicted octanol–water partition coefficient (Wildman–Crippen LogP) is 2.67. The van der Waals surface area contributed by atoms with Crippen molar-refractivity contribution in [2.45, 2.75) is 13.5 Å². The minimum absolute atomic E-state index is 0.0396. The van der Waals surface area contributed by atoms with Gasteiger partial charge in [0.05, 0.1) is 6.61 Å². The van der Waals surface area contributed by atoms with Crippen molar-refractivity contribution in [3.63, 3.8) is 0 Å². The van der Waals surface area contributed by atoms with Gasteiger partial charge in [-0.05, 0) is 18.6 Å². The third-order valence-electron chi connectivity index (χ3n) is 2.24. The lowest BCUT2D eigenvalue weighted by Gasteiger charge is -2.08. The molecule has 1 aromatic carbocycles.